The van der Waals surface area contributed by atoms with Gasteiger partial charge in [-0.3, -0.25) is 14.6 Å². The van der Waals surface area contributed by atoms with E-state index >= 15 is 0 Å². The molecule has 148 valence electrons. The van der Waals surface area contributed by atoms with Crippen LogP contribution < -0.4 is 5.56 Å². The van der Waals surface area contributed by atoms with Crippen molar-refractivity contribution in [3.05, 3.63) is 61.5 Å². The number of nitrogens with zero attached hydrogens (tertiary/aromatic N) is 3. The molecule has 5 nitrogen and oxygen atoms in total. The number of hydrogen-bond donors (Lipinski definition) is 1. The van der Waals surface area contributed by atoms with Gasteiger partial charge in [-0.05, 0) is 44.0 Å². The third-order valence-electron chi connectivity index (χ3n) is 5.70. The van der Waals surface area contributed by atoms with Crippen LogP contribution in [0.5, 0.6) is 0 Å². The van der Waals surface area contributed by atoms with Gasteiger partial charge in [-0.1, -0.05) is 23.7 Å². The SMILES string of the molecule is Cc1sc2nc([C@H](C)N3CCN(Cc4cccc(Cl)c4)CC3)[nH]c(=O)c2c1C. The minimum Gasteiger partial charge on any atom is -0.309 e. The Balaban J connectivity index is 1.44. The maximum absolute atomic E-state index is 12.6. The third-order valence-corrected chi connectivity index (χ3v) is 7.04. The highest BCUT2D eigenvalue weighted by Gasteiger charge is 2.24. The van der Waals surface area contributed by atoms with Crippen molar-refractivity contribution in [2.75, 3.05) is 26.2 Å². The van der Waals surface area contributed by atoms with E-state index in [1.165, 1.54) is 5.56 Å². The maximum Gasteiger partial charge on any atom is 0.259 e. The van der Waals surface area contributed by atoms with E-state index in [2.05, 4.69) is 27.8 Å². The summed E-state index contributed by atoms with van der Waals surface area (Å²) in [6.45, 7) is 11.0. The Hall–Kier alpha value is -1.73. The van der Waals surface area contributed by atoms with Crippen molar-refractivity contribution in [3.63, 3.8) is 0 Å². The Morgan fingerprint density at radius 3 is 2.71 bits per heavy atom. The number of H-pyrrole nitrogens is 1. The van der Waals surface area contributed by atoms with Gasteiger partial charge in [-0.25, -0.2) is 4.98 Å². The zero-order chi connectivity index (χ0) is 19.8. The fraction of sp³-hybridized carbons (Fsp3) is 0.429. The van der Waals surface area contributed by atoms with E-state index in [-0.39, 0.29) is 11.6 Å². The first-order valence-corrected chi connectivity index (χ1v) is 10.8. The molecule has 1 aliphatic rings. The Morgan fingerprint density at radius 2 is 2.00 bits per heavy atom. The number of halogens is 1. The van der Waals surface area contributed by atoms with Crippen LogP contribution in [0.25, 0.3) is 10.2 Å². The molecule has 2 aromatic heterocycles. The Labute approximate surface area is 174 Å². The second-order valence-corrected chi connectivity index (χ2v) is 9.17. The third kappa shape index (κ3) is 3.87. The lowest BCUT2D eigenvalue weighted by Gasteiger charge is -2.37. The quantitative estimate of drug-likeness (QED) is 0.694. The van der Waals surface area contributed by atoms with Gasteiger partial charge < -0.3 is 4.98 Å². The van der Waals surface area contributed by atoms with Crippen LogP contribution in [0.3, 0.4) is 0 Å². The molecule has 0 radical (unpaired) electrons. The Morgan fingerprint density at radius 1 is 1.25 bits per heavy atom. The van der Waals surface area contributed by atoms with Crippen LogP contribution in [0.15, 0.2) is 29.1 Å². The summed E-state index contributed by atoms with van der Waals surface area (Å²) in [5, 5.41) is 1.53. The lowest BCUT2D eigenvalue weighted by atomic mass is 10.1. The number of thiophene rings is 1. The summed E-state index contributed by atoms with van der Waals surface area (Å²) in [5.74, 6) is 0.766. The molecule has 0 bridgehead atoms. The monoisotopic (exact) mass is 416 g/mol. The predicted octanol–water partition coefficient (Wildman–Crippen LogP) is 4.13. The van der Waals surface area contributed by atoms with E-state index in [0.717, 1.165) is 64.2 Å². The Kier molecular flexibility index (Phi) is 5.56. The molecule has 28 heavy (non-hydrogen) atoms. The molecule has 4 rings (SSSR count). The largest absolute Gasteiger partial charge is 0.309 e. The van der Waals surface area contributed by atoms with E-state index in [4.69, 9.17) is 16.6 Å². The fourth-order valence-corrected chi connectivity index (χ4v) is 5.09. The summed E-state index contributed by atoms with van der Waals surface area (Å²) >= 11 is 7.70. The zero-order valence-corrected chi connectivity index (χ0v) is 18.0. The molecule has 0 amide bonds. The van der Waals surface area contributed by atoms with Crippen molar-refractivity contribution in [2.24, 2.45) is 0 Å². The van der Waals surface area contributed by atoms with Gasteiger partial charge in [0.25, 0.3) is 5.56 Å². The zero-order valence-electron chi connectivity index (χ0n) is 16.5. The predicted molar refractivity (Wildman–Crippen MR) is 116 cm³/mol. The van der Waals surface area contributed by atoms with Gasteiger partial charge >= 0.3 is 0 Å². The molecule has 1 atom stereocenters. The van der Waals surface area contributed by atoms with Crippen molar-refractivity contribution >= 4 is 33.2 Å². The number of hydrogen-bond acceptors (Lipinski definition) is 5. The van der Waals surface area contributed by atoms with Gasteiger partial charge in [0, 0.05) is 42.6 Å². The molecule has 1 saturated heterocycles. The first-order chi connectivity index (χ1) is 13.4. The number of aromatic nitrogens is 2. The molecule has 1 N–H and O–H groups in total. The highest BCUT2D eigenvalue weighted by atomic mass is 35.5. The van der Waals surface area contributed by atoms with E-state index in [1.54, 1.807) is 11.3 Å². The average molecular weight is 417 g/mol. The normalized spacial score (nSPS) is 17.3. The summed E-state index contributed by atoms with van der Waals surface area (Å²) in [5.41, 5.74) is 2.27. The van der Waals surface area contributed by atoms with Crippen LogP contribution >= 0.6 is 22.9 Å². The minimum absolute atomic E-state index is 0.0201. The van der Waals surface area contributed by atoms with Gasteiger partial charge in [0.15, 0.2) is 0 Å². The van der Waals surface area contributed by atoms with Crippen molar-refractivity contribution in [2.45, 2.75) is 33.4 Å². The molecule has 1 aliphatic heterocycles. The molecule has 1 fully saturated rings. The first-order valence-electron chi connectivity index (χ1n) is 9.63. The van der Waals surface area contributed by atoms with E-state index in [1.807, 2.05) is 32.0 Å². The lowest BCUT2D eigenvalue weighted by molar-refractivity contribution is 0.0948. The van der Waals surface area contributed by atoms with Gasteiger partial charge in [0.2, 0.25) is 0 Å². The molecule has 0 aliphatic carbocycles. The summed E-state index contributed by atoms with van der Waals surface area (Å²) in [4.78, 5) is 27.2. The van der Waals surface area contributed by atoms with E-state index < -0.39 is 0 Å². The highest BCUT2D eigenvalue weighted by Crippen LogP contribution is 2.27. The van der Waals surface area contributed by atoms with Crippen LogP contribution in [0.1, 0.15) is 34.8 Å². The van der Waals surface area contributed by atoms with Crippen LogP contribution in [0.4, 0.5) is 0 Å². The van der Waals surface area contributed by atoms with Crippen LogP contribution in [0.2, 0.25) is 5.02 Å². The molecular weight excluding hydrogens is 392 g/mol. The molecule has 3 heterocycles. The van der Waals surface area contributed by atoms with Crippen molar-refractivity contribution in [3.8, 4) is 0 Å². The van der Waals surface area contributed by atoms with Crippen LogP contribution in [-0.2, 0) is 6.54 Å². The summed E-state index contributed by atoms with van der Waals surface area (Å²) in [7, 11) is 0. The minimum atomic E-state index is -0.0201. The van der Waals surface area contributed by atoms with Crippen molar-refractivity contribution in [1.82, 2.24) is 19.8 Å². The van der Waals surface area contributed by atoms with Gasteiger partial charge in [-0.15, -0.1) is 11.3 Å². The summed E-state index contributed by atoms with van der Waals surface area (Å²) in [6, 6.07) is 8.16. The van der Waals surface area contributed by atoms with Crippen molar-refractivity contribution < 1.29 is 0 Å². The number of aryl methyl sites for hydroxylation is 2. The number of benzene rings is 1. The molecule has 0 saturated carbocycles. The molecule has 0 unspecified atom stereocenters. The highest BCUT2D eigenvalue weighted by molar-refractivity contribution is 7.18. The van der Waals surface area contributed by atoms with Crippen molar-refractivity contribution in [1.29, 1.82) is 0 Å². The molecule has 1 aromatic carbocycles. The Bertz CT molecular complexity index is 1050. The number of nitrogens with one attached hydrogen (secondary N) is 1. The van der Waals surface area contributed by atoms with Gasteiger partial charge in [-0.2, -0.15) is 0 Å². The summed E-state index contributed by atoms with van der Waals surface area (Å²) < 4.78 is 0. The number of piperazine rings is 1. The number of aromatic amines is 1. The van der Waals surface area contributed by atoms with E-state index in [0.29, 0.717) is 0 Å². The topological polar surface area (TPSA) is 52.2 Å². The molecule has 7 heteroatoms. The second-order valence-electron chi connectivity index (χ2n) is 7.53. The first kappa shape index (κ1) is 19.6. The molecule has 3 aromatic rings. The molecule has 0 spiro atoms. The lowest BCUT2D eigenvalue weighted by Crippen LogP contribution is -2.47. The second kappa shape index (κ2) is 7.95. The average Bonchev–Trinajstić information content (AvgIpc) is 2.96. The smallest absolute Gasteiger partial charge is 0.259 e. The summed E-state index contributed by atoms with van der Waals surface area (Å²) in [6.07, 6.45) is 0. The number of fused-ring (bicyclic) bond motifs is 1. The molecular formula is C21H25ClN4OS. The van der Waals surface area contributed by atoms with Gasteiger partial charge in [0.05, 0.1) is 11.4 Å². The maximum atomic E-state index is 12.6. The van der Waals surface area contributed by atoms with Crippen LogP contribution in [0, 0.1) is 13.8 Å². The van der Waals surface area contributed by atoms with E-state index in [9.17, 15) is 4.79 Å². The van der Waals surface area contributed by atoms with Gasteiger partial charge in [0.1, 0.15) is 10.7 Å². The van der Waals surface area contributed by atoms with Crippen LogP contribution in [-0.4, -0.2) is 45.9 Å². The fourth-order valence-electron chi connectivity index (χ4n) is 3.84. The number of rotatable bonds is 4. The standard InChI is InChI=1S/C21H25ClN4OS/c1-13-15(3)28-21-18(13)20(27)23-19(24-21)14(2)26-9-7-25(8-10-26)12-16-5-4-6-17(22)11-16/h4-6,11,14H,7-10,12H2,1-3H3,(H,23,24,27)/t14-/m0/s1.